The molecule has 1 fully saturated rings. The van der Waals surface area contributed by atoms with Gasteiger partial charge in [0, 0.05) is 13.1 Å². The summed E-state index contributed by atoms with van der Waals surface area (Å²) in [5.41, 5.74) is 7.20. The summed E-state index contributed by atoms with van der Waals surface area (Å²) in [6.45, 7) is 5.29. The lowest BCUT2D eigenvalue weighted by Gasteiger charge is -2.21. The van der Waals surface area contributed by atoms with Gasteiger partial charge in [0.1, 0.15) is 12.4 Å². The summed E-state index contributed by atoms with van der Waals surface area (Å²) in [5.74, 6) is 1.59. The molecule has 0 unspecified atom stereocenters. The van der Waals surface area contributed by atoms with Gasteiger partial charge in [-0.25, -0.2) is 4.99 Å². The Morgan fingerprint density at radius 3 is 2.60 bits per heavy atom. The maximum absolute atomic E-state index is 6.05. The summed E-state index contributed by atoms with van der Waals surface area (Å²) < 4.78 is 5.72. The number of rotatable bonds is 4. The maximum Gasteiger partial charge on any atom is 0.191 e. The van der Waals surface area contributed by atoms with Gasteiger partial charge in [0.05, 0.1) is 6.54 Å². The predicted octanol–water partition coefficient (Wildman–Crippen LogP) is 2.56. The summed E-state index contributed by atoms with van der Waals surface area (Å²) in [7, 11) is 0. The Balaban J connectivity index is 1.76. The molecule has 0 aliphatic carbocycles. The van der Waals surface area contributed by atoms with Crippen molar-refractivity contribution in [2.75, 3.05) is 26.2 Å². The lowest BCUT2D eigenvalue weighted by molar-refractivity contribution is 0.325. The standard InChI is InChI=1S/C16H25N3O/c1-14-8-4-5-9-15(14)20-13-10-18-16(17)19-11-6-2-3-7-12-19/h4-5,8-9H,2-3,6-7,10-13H2,1H3,(H2,17,18). The molecule has 0 aromatic heterocycles. The fourth-order valence-corrected chi connectivity index (χ4v) is 2.43. The quantitative estimate of drug-likeness (QED) is 0.522. The van der Waals surface area contributed by atoms with Crippen LogP contribution in [0.3, 0.4) is 0 Å². The van der Waals surface area contributed by atoms with Crippen molar-refractivity contribution in [1.29, 1.82) is 0 Å². The summed E-state index contributed by atoms with van der Waals surface area (Å²) >= 11 is 0. The zero-order valence-corrected chi connectivity index (χ0v) is 12.3. The first-order valence-corrected chi connectivity index (χ1v) is 7.50. The minimum absolute atomic E-state index is 0.569. The van der Waals surface area contributed by atoms with Gasteiger partial charge in [-0.3, -0.25) is 0 Å². The molecular formula is C16H25N3O. The number of hydrogen-bond donors (Lipinski definition) is 1. The van der Waals surface area contributed by atoms with E-state index >= 15 is 0 Å². The van der Waals surface area contributed by atoms with E-state index in [1.54, 1.807) is 0 Å². The molecule has 0 amide bonds. The van der Waals surface area contributed by atoms with Crippen molar-refractivity contribution in [3.8, 4) is 5.75 Å². The van der Waals surface area contributed by atoms with Gasteiger partial charge in [0.25, 0.3) is 0 Å². The van der Waals surface area contributed by atoms with Crippen molar-refractivity contribution >= 4 is 5.96 Å². The molecule has 0 spiro atoms. The fourth-order valence-electron chi connectivity index (χ4n) is 2.43. The molecule has 1 aromatic rings. The highest BCUT2D eigenvalue weighted by Crippen LogP contribution is 2.15. The number of nitrogens with zero attached hydrogens (tertiary/aromatic N) is 2. The predicted molar refractivity (Wildman–Crippen MR) is 83.2 cm³/mol. The number of benzene rings is 1. The maximum atomic E-state index is 6.05. The Morgan fingerprint density at radius 2 is 1.90 bits per heavy atom. The monoisotopic (exact) mass is 275 g/mol. The van der Waals surface area contributed by atoms with E-state index in [0.29, 0.717) is 19.1 Å². The smallest absolute Gasteiger partial charge is 0.191 e. The number of nitrogens with two attached hydrogens (primary N) is 1. The molecule has 20 heavy (non-hydrogen) atoms. The SMILES string of the molecule is Cc1ccccc1OCCN=C(N)N1CCCCCC1. The minimum atomic E-state index is 0.569. The van der Waals surface area contributed by atoms with Crippen LogP contribution in [0.1, 0.15) is 31.2 Å². The van der Waals surface area contributed by atoms with Gasteiger partial charge < -0.3 is 15.4 Å². The molecule has 110 valence electrons. The first-order chi connectivity index (χ1) is 9.77. The first kappa shape index (κ1) is 14.7. The van der Waals surface area contributed by atoms with Gasteiger partial charge in [-0.05, 0) is 31.4 Å². The van der Waals surface area contributed by atoms with E-state index in [1.807, 2.05) is 31.2 Å². The van der Waals surface area contributed by atoms with Gasteiger partial charge in [0.15, 0.2) is 5.96 Å². The van der Waals surface area contributed by atoms with E-state index in [2.05, 4.69) is 9.89 Å². The number of para-hydroxylation sites is 1. The number of likely N-dealkylation sites (tertiary alicyclic amines) is 1. The third-order valence-corrected chi connectivity index (χ3v) is 3.65. The van der Waals surface area contributed by atoms with Crippen molar-refractivity contribution in [3.63, 3.8) is 0 Å². The summed E-state index contributed by atoms with van der Waals surface area (Å²) in [6, 6.07) is 8.02. The average molecular weight is 275 g/mol. The van der Waals surface area contributed by atoms with Crippen LogP contribution in [0.2, 0.25) is 0 Å². The molecule has 4 nitrogen and oxygen atoms in total. The minimum Gasteiger partial charge on any atom is -0.491 e. The topological polar surface area (TPSA) is 50.9 Å². The summed E-state index contributed by atoms with van der Waals surface area (Å²) in [6.07, 6.45) is 5.05. The number of hydrogen-bond acceptors (Lipinski definition) is 2. The largest absolute Gasteiger partial charge is 0.491 e. The zero-order valence-electron chi connectivity index (χ0n) is 12.3. The lowest BCUT2D eigenvalue weighted by atomic mass is 10.2. The van der Waals surface area contributed by atoms with E-state index in [9.17, 15) is 0 Å². The molecule has 4 heteroatoms. The van der Waals surface area contributed by atoms with Gasteiger partial charge in [-0.2, -0.15) is 0 Å². The second-order valence-corrected chi connectivity index (χ2v) is 5.26. The van der Waals surface area contributed by atoms with Gasteiger partial charge in [-0.1, -0.05) is 31.0 Å². The normalized spacial score (nSPS) is 16.9. The summed E-state index contributed by atoms with van der Waals surface area (Å²) in [5, 5.41) is 0. The molecule has 0 atom stereocenters. The molecule has 1 aromatic carbocycles. The third-order valence-electron chi connectivity index (χ3n) is 3.65. The average Bonchev–Trinajstić information content (AvgIpc) is 2.74. The Hall–Kier alpha value is -1.71. The number of guanidine groups is 1. The molecule has 2 N–H and O–H groups in total. The zero-order chi connectivity index (χ0) is 14.2. The lowest BCUT2D eigenvalue weighted by Crippen LogP contribution is -2.38. The highest BCUT2D eigenvalue weighted by molar-refractivity contribution is 5.78. The molecule has 2 rings (SSSR count). The van der Waals surface area contributed by atoms with E-state index < -0.39 is 0 Å². The fraction of sp³-hybridized carbons (Fsp3) is 0.562. The molecule has 1 aliphatic rings. The highest BCUT2D eigenvalue weighted by atomic mass is 16.5. The highest BCUT2D eigenvalue weighted by Gasteiger charge is 2.10. The van der Waals surface area contributed by atoms with E-state index in [-0.39, 0.29) is 0 Å². The number of aliphatic imine (C=N–C) groups is 1. The molecule has 0 radical (unpaired) electrons. The van der Waals surface area contributed by atoms with Crippen LogP contribution in [0.15, 0.2) is 29.3 Å². The van der Waals surface area contributed by atoms with Gasteiger partial charge >= 0.3 is 0 Å². The van der Waals surface area contributed by atoms with Crippen molar-refractivity contribution in [2.24, 2.45) is 10.7 Å². The second kappa shape index (κ2) is 7.78. The Morgan fingerprint density at radius 1 is 1.20 bits per heavy atom. The van der Waals surface area contributed by atoms with E-state index in [0.717, 1.165) is 24.4 Å². The molecule has 1 aliphatic heterocycles. The number of ether oxygens (including phenoxy) is 1. The van der Waals surface area contributed by atoms with Gasteiger partial charge in [0.2, 0.25) is 0 Å². The van der Waals surface area contributed by atoms with Crippen molar-refractivity contribution in [3.05, 3.63) is 29.8 Å². The van der Waals surface area contributed by atoms with Crippen LogP contribution in [0, 0.1) is 6.92 Å². The Labute approximate surface area is 121 Å². The van der Waals surface area contributed by atoms with Crippen LogP contribution in [0.5, 0.6) is 5.75 Å². The van der Waals surface area contributed by atoms with Crippen LogP contribution in [-0.2, 0) is 0 Å². The number of aryl methyl sites for hydroxylation is 1. The van der Waals surface area contributed by atoms with Crippen LogP contribution < -0.4 is 10.5 Å². The van der Waals surface area contributed by atoms with Crippen molar-refractivity contribution in [2.45, 2.75) is 32.6 Å². The van der Waals surface area contributed by atoms with E-state index in [1.165, 1.54) is 25.7 Å². The van der Waals surface area contributed by atoms with Crippen molar-refractivity contribution in [1.82, 2.24) is 4.90 Å². The summed E-state index contributed by atoms with van der Waals surface area (Å²) in [4.78, 5) is 6.62. The van der Waals surface area contributed by atoms with Crippen molar-refractivity contribution < 1.29 is 4.74 Å². The van der Waals surface area contributed by atoms with Gasteiger partial charge in [-0.15, -0.1) is 0 Å². The Bertz CT molecular complexity index is 437. The van der Waals surface area contributed by atoms with E-state index in [4.69, 9.17) is 10.5 Å². The van der Waals surface area contributed by atoms with Crippen LogP contribution in [-0.4, -0.2) is 37.1 Å². The molecule has 0 bridgehead atoms. The molecule has 1 heterocycles. The molecule has 1 saturated heterocycles. The molecule has 0 saturated carbocycles. The van der Waals surface area contributed by atoms with Crippen LogP contribution in [0.4, 0.5) is 0 Å². The van der Waals surface area contributed by atoms with Crippen LogP contribution >= 0.6 is 0 Å². The second-order valence-electron chi connectivity index (χ2n) is 5.26. The molecular weight excluding hydrogens is 250 g/mol. The first-order valence-electron chi connectivity index (χ1n) is 7.50. The van der Waals surface area contributed by atoms with Crippen LogP contribution in [0.25, 0.3) is 0 Å². The third kappa shape index (κ3) is 4.44. The Kier molecular flexibility index (Phi) is 5.71.